The van der Waals surface area contributed by atoms with E-state index < -0.39 is 5.60 Å². The van der Waals surface area contributed by atoms with Gasteiger partial charge in [-0.3, -0.25) is 4.90 Å². The van der Waals surface area contributed by atoms with E-state index in [0.29, 0.717) is 13.2 Å². The molecule has 0 saturated carbocycles. The number of ether oxygens (including phenoxy) is 2. The highest BCUT2D eigenvalue weighted by Gasteiger charge is 2.29. The molecular weight excluding hydrogens is 266 g/mol. The summed E-state index contributed by atoms with van der Waals surface area (Å²) in [4.78, 5) is 14.0. The second-order valence-electron chi connectivity index (χ2n) is 6.37. The summed E-state index contributed by atoms with van der Waals surface area (Å²) >= 11 is 0. The lowest BCUT2D eigenvalue weighted by molar-refractivity contribution is 0.0584. The number of hydrogen-bond acceptors (Lipinski definition) is 3. The standard InChI is InChI=1S/C17H25NO3/c1-5-6-11-20-14-8-7-13-9-10-18(15(13)12-14)16(19)21-17(2,3)4/h7-8,12H,5-6,9-11H2,1-4H3. The fraction of sp³-hybridized carbons (Fsp3) is 0.588. The van der Waals surface area contributed by atoms with Crippen molar-refractivity contribution in [1.29, 1.82) is 0 Å². The first-order valence-electron chi connectivity index (χ1n) is 7.67. The number of anilines is 1. The highest BCUT2D eigenvalue weighted by Crippen LogP contribution is 2.32. The minimum Gasteiger partial charge on any atom is -0.494 e. The Morgan fingerprint density at radius 3 is 2.76 bits per heavy atom. The molecule has 1 aliphatic heterocycles. The number of rotatable bonds is 4. The molecule has 0 atom stereocenters. The van der Waals surface area contributed by atoms with Crippen LogP contribution in [-0.4, -0.2) is 24.8 Å². The molecule has 0 unspecified atom stereocenters. The maximum Gasteiger partial charge on any atom is 0.414 e. The van der Waals surface area contributed by atoms with Crippen LogP contribution in [0.5, 0.6) is 5.75 Å². The van der Waals surface area contributed by atoms with E-state index in [1.54, 1.807) is 4.90 Å². The molecule has 1 aromatic rings. The normalized spacial score (nSPS) is 14.0. The van der Waals surface area contributed by atoms with Crippen molar-refractivity contribution in [3.63, 3.8) is 0 Å². The zero-order valence-electron chi connectivity index (χ0n) is 13.4. The number of unbranched alkanes of at least 4 members (excludes halogenated alkanes) is 1. The number of carbonyl (C=O) groups is 1. The number of hydrogen-bond donors (Lipinski definition) is 0. The van der Waals surface area contributed by atoms with Gasteiger partial charge in [-0.05, 0) is 45.2 Å². The first-order chi connectivity index (χ1) is 9.90. The summed E-state index contributed by atoms with van der Waals surface area (Å²) in [6, 6.07) is 5.97. The predicted octanol–water partition coefficient (Wildman–Crippen LogP) is 4.16. The smallest absolute Gasteiger partial charge is 0.414 e. The number of carbonyl (C=O) groups excluding carboxylic acids is 1. The van der Waals surface area contributed by atoms with Crippen LogP contribution < -0.4 is 9.64 Å². The molecule has 2 rings (SSSR count). The highest BCUT2D eigenvalue weighted by atomic mass is 16.6. The number of amides is 1. The maximum absolute atomic E-state index is 12.3. The molecule has 0 radical (unpaired) electrons. The van der Waals surface area contributed by atoms with E-state index in [1.807, 2.05) is 39.0 Å². The van der Waals surface area contributed by atoms with Gasteiger partial charge in [0, 0.05) is 12.6 Å². The van der Waals surface area contributed by atoms with Crippen LogP contribution in [0.2, 0.25) is 0 Å². The van der Waals surface area contributed by atoms with Gasteiger partial charge >= 0.3 is 6.09 Å². The minimum atomic E-state index is -0.477. The van der Waals surface area contributed by atoms with Gasteiger partial charge < -0.3 is 9.47 Å². The van der Waals surface area contributed by atoms with Crippen molar-refractivity contribution in [3.8, 4) is 5.75 Å². The zero-order chi connectivity index (χ0) is 15.5. The van der Waals surface area contributed by atoms with E-state index in [4.69, 9.17) is 9.47 Å². The van der Waals surface area contributed by atoms with Crippen molar-refractivity contribution in [2.45, 2.75) is 52.6 Å². The molecule has 0 spiro atoms. The van der Waals surface area contributed by atoms with E-state index >= 15 is 0 Å². The van der Waals surface area contributed by atoms with Crippen LogP contribution in [-0.2, 0) is 11.2 Å². The van der Waals surface area contributed by atoms with Crippen LogP contribution in [0.15, 0.2) is 18.2 Å². The van der Waals surface area contributed by atoms with Gasteiger partial charge in [-0.2, -0.15) is 0 Å². The summed E-state index contributed by atoms with van der Waals surface area (Å²) in [7, 11) is 0. The molecule has 0 aromatic heterocycles. The highest BCUT2D eigenvalue weighted by molar-refractivity contribution is 5.90. The number of fused-ring (bicyclic) bond motifs is 1. The maximum atomic E-state index is 12.3. The monoisotopic (exact) mass is 291 g/mol. The van der Waals surface area contributed by atoms with Gasteiger partial charge in [-0.15, -0.1) is 0 Å². The predicted molar refractivity (Wildman–Crippen MR) is 84.1 cm³/mol. The molecule has 1 amide bonds. The van der Waals surface area contributed by atoms with Crippen LogP contribution in [0.4, 0.5) is 10.5 Å². The summed E-state index contributed by atoms with van der Waals surface area (Å²) in [6.07, 6.45) is 2.72. The van der Waals surface area contributed by atoms with Crippen molar-refractivity contribution < 1.29 is 14.3 Å². The molecule has 1 heterocycles. The topological polar surface area (TPSA) is 38.8 Å². The Labute approximate surface area is 127 Å². The molecule has 0 bridgehead atoms. The van der Waals surface area contributed by atoms with Crippen LogP contribution in [0, 0.1) is 0 Å². The minimum absolute atomic E-state index is 0.285. The van der Waals surface area contributed by atoms with E-state index in [9.17, 15) is 4.79 Å². The molecule has 0 N–H and O–H groups in total. The van der Waals surface area contributed by atoms with Gasteiger partial charge in [0.25, 0.3) is 0 Å². The summed E-state index contributed by atoms with van der Waals surface area (Å²) < 4.78 is 11.2. The Balaban J connectivity index is 2.10. The molecule has 0 fully saturated rings. The molecule has 0 aliphatic carbocycles. The molecule has 21 heavy (non-hydrogen) atoms. The van der Waals surface area contributed by atoms with E-state index in [0.717, 1.165) is 30.7 Å². The third-order valence-electron chi connectivity index (χ3n) is 3.33. The fourth-order valence-corrected chi connectivity index (χ4v) is 2.29. The molecular formula is C17H25NO3. The van der Waals surface area contributed by atoms with Gasteiger partial charge in [0.2, 0.25) is 0 Å². The van der Waals surface area contributed by atoms with Crippen molar-refractivity contribution in [3.05, 3.63) is 23.8 Å². The zero-order valence-corrected chi connectivity index (χ0v) is 13.4. The lowest BCUT2D eigenvalue weighted by atomic mass is 10.1. The summed E-state index contributed by atoms with van der Waals surface area (Å²) in [6.45, 7) is 9.16. The molecule has 4 heteroatoms. The lowest BCUT2D eigenvalue weighted by Gasteiger charge is -2.25. The van der Waals surface area contributed by atoms with Crippen molar-refractivity contribution in [1.82, 2.24) is 0 Å². The number of benzene rings is 1. The molecule has 0 saturated heterocycles. The van der Waals surface area contributed by atoms with Gasteiger partial charge in [0.15, 0.2) is 0 Å². The van der Waals surface area contributed by atoms with E-state index in [-0.39, 0.29) is 6.09 Å². The van der Waals surface area contributed by atoms with Crippen molar-refractivity contribution >= 4 is 11.8 Å². The Morgan fingerprint density at radius 1 is 1.33 bits per heavy atom. The molecule has 1 aliphatic rings. The van der Waals surface area contributed by atoms with Crippen LogP contribution >= 0.6 is 0 Å². The SMILES string of the molecule is CCCCOc1ccc2c(c1)N(C(=O)OC(C)(C)C)CC2. The second-order valence-corrected chi connectivity index (χ2v) is 6.37. The summed E-state index contributed by atoms with van der Waals surface area (Å²) in [5.41, 5.74) is 1.61. The van der Waals surface area contributed by atoms with Gasteiger partial charge in [0.05, 0.1) is 12.3 Å². The van der Waals surface area contributed by atoms with Crippen LogP contribution in [0.25, 0.3) is 0 Å². The van der Waals surface area contributed by atoms with Crippen LogP contribution in [0.3, 0.4) is 0 Å². The first-order valence-corrected chi connectivity index (χ1v) is 7.67. The molecule has 1 aromatic carbocycles. The fourth-order valence-electron chi connectivity index (χ4n) is 2.29. The third kappa shape index (κ3) is 4.13. The first kappa shape index (κ1) is 15.7. The lowest BCUT2D eigenvalue weighted by Crippen LogP contribution is -2.35. The Morgan fingerprint density at radius 2 is 2.10 bits per heavy atom. The van der Waals surface area contributed by atoms with Gasteiger partial charge in [-0.1, -0.05) is 19.4 Å². The average molecular weight is 291 g/mol. The third-order valence-corrected chi connectivity index (χ3v) is 3.33. The van der Waals surface area contributed by atoms with Crippen molar-refractivity contribution in [2.75, 3.05) is 18.1 Å². The summed E-state index contributed by atoms with van der Waals surface area (Å²) in [5.74, 6) is 0.817. The molecule has 4 nitrogen and oxygen atoms in total. The average Bonchev–Trinajstić information content (AvgIpc) is 2.80. The Hall–Kier alpha value is -1.71. The van der Waals surface area contributed by atoms with Crippen molar-refractivity contribution in [2.24, 2.45) is 0 Å². The van der Waals surface area contributed by atoms with E-state index in [2.05, 4.69) is 6.92 Å². The summed E-state index contributed by atoms with van der Waals surface area (Å²) in [5, 5.41) is 0. The van der Waals surface area contributed by atoms with Gasteiger partial charge in [-0.25, -0.2) is 4.79 Å². The largest absolute Gasteiger partial charge is 0.494 e. The van der Waals surface area contributed by atoms with E-state index in [1.165, 1.54) is 5.56 Å². The Kier molecular flexibility index (Phi) is 4.76. The second kappa shape index (κ2) is 6.37. The van der Waals surface area contributed by atoms with Gasteiger partial charge in [0.1, 0.15) is 11.4 Å². The quantitative estimate of drug-likeness (QED) is 0.782. The number of nitrogens with zero attached hydrogens (tertiary/aromatic N) is 1. The molecule has 116 valence electrons. The van der Waals surface area contributed by atoms with Crippen LogP contribution in [0.1, 0.15) is 46.1 Å². The Bertz CT molecular complexity index is 505.